The Bertz CT molecular complexity index is 1420. The highest BCUT2D eigenvalue weighted by Gasteiger charge is 2.29. The Morgan fingerprint density at radius 1 is 0.750 bits per heavy atom. The minimum Gasteiger partial charge on any atom is -0.493 e. The quantitative estimate of drug-likeness (QED) is 0.292. The second kappa shape index (κ2) is 9.70. The van der Waals surface area contributed by atoms with Gasteiger partial charge in [-0.25, -0.2) is 4.79 Å². The lowest BCUT2D eigenvalue weighted by Crippen LogP contribution is -2.02. The van der Waals surface area contributed by atoms with E-state index in [2.05, 4.69) is 0 Å². The molecule has 0 bridgehead atoms. The minimum atomic E-state index is -0.377. The van der Waals surface area contributed by atoms with Crippen molar-refractivity contribution >= 4 is 16.7 Å². The first-order valence-electron chi connectivity index (χ1n) is 11.4. The molecule has 7 nitrogen and oxygen atoms in total. The SMILES string of the molecule is COc1cc2cc3c(c(-c4cc(OC)c(OC)c(OC)c4)c2cc1OCc1ccccc1)C(=O)OC3. The molecule has 5 rings (SSSR count). The number of fused-ring (bicyclic) bond motifs is 2. The van der Waals surface area contributed by atoms with Gasteiger partial charge in [0.25, 0.3) is 0 Å². The van der Waals surface area contributed by atoms with Crippen molar-refractivity contribution in [2.75, 3.05) is 28.4 Å². The van der Waals surface area contributed by atoms with Crippen LogP contribution in [-0.4, -0.2) is 34.4 Å². The van der Waals surface area contributed by atoms with Crippen molar-refractivity contribution in [3.63, 3.8) is 0 Å². The number of benzene rings is 4. The van der Waals surface area contributed by atoms with Crippen molar-refractivity contribution in [1.82, 2.24) is 0 Å². The van der Waals surface area contributed by atoms with Gasteiger partial charge in [0.15, 0.2) is 23.0 Å². The molecule has 184 valence electrons. The fourth-order valence-corrected chi connectivity index (χ4v) is 4.56. The molecule has 0 radical (unpaired) electrons. The molecular weight excluding hydrogens is 460 g/mol. The molecule has 36 heavy (non-hydrogen) atoms. The molecule has 0 N–H and O–H groups in total. The van der Waals surface area contributed by atoms with E-state index in [4.69, 9.17) is 28.4 Å². The number of rotatable bonds is 8. The Balaban J connectivity index is 1.75. The number of esters is 1. The van der Waals surface area contributed by atoms with E-state index in [9.17, 15) is 4.79 Å². The summed E-state index contributed by atoms with van der Waals surface area (Å²) in [6, 6.07) is 19.3. The molecule has 4 aromatic rings. The molecule has 0 spiro atoms. The number of ether oxygens (including phenoxy) is 6. The number of hydrogen-bond donors (Lipinski definition) is 0. The smallest absolute Gasteiger partial charge is 0.339 e. The predicted molar refractivity (Wildman–Crippen MR) is 135 cm³/mol. The van der Waals surface area contributed by atoms with Crippen LogP contribution in [0.2, 0.25) is 0 Å². The highest BCUT2D eigenvalue weighted by molar-refractivity contribution is 6.11. The summed E-state index contributed by atoms with van der Waals surface area (Å²) in [4.78, 5) is 12.9. The Morgan fingerprint density at radius 2 is 1.44 bits per heavy atom. The topological polar surface area (TPSA) is 72.5 Å². The van der Waals surface area contributed by atoms with Crippen LogP contribution in [0.4, 0.5) is 0 Å². The van der Waals surface area contributed by atoms with E-state index in [1.165, 1.54) is 0 Å². The van der Waals surface area contributed by atoms with Crippen molar-refractivity contribution in [3.8, 4) is 39.9 Å². The highest BCUT2D eigenvalue weighted by Crippen LogP contribution is 2.47. The molecular formula is C29H26O7. The van der Waals surface area contributed by atoms with Crippen LogP contribution < -0.4 is 23.7 Å². The number of carbonyl (C=O) groups is 1. The van der Waals surface area contributed by atoms with Crippen LogP contribution in [0, 0.1) is 0 Å². The molecule has 0 atom stereocenters. The summed E-state index contributed by atoms with van der Waals surface area (Å²) in [5.41, 5.74) is 3.77. The molecule has 0 amide bonds. The fourth-order valence-electron chi connectivity index (χ4n) is 4.56. The van der Waals surface area contributed by atoms with Crippen LogP contribution in [0.15, 0.2) is 60.7 Å². The van der Waals surface area contributed by atoms with Crippen molar-refractivity contribution in [3.05, 3.63) is 77.4 Å². The van der Waals surface area contributed by atoms with Crippen molar-refractivity contribution in [2.45, 2.75) is 13.2 Å². The van der Waals surface area contributed by atoms with Gasteiger partial charge in [-0.15, -0.1) is 0 Å². The number of cyclic esters (lactones) is 1. The molecule has 1 aliphatic rings. The third kappa shape index (κ3) is 4.02. The first kappa shape index (κ1) is 23.4. The van der Waals surface area contributed by atoms with E-state index in [0.29, 0.717) is 46.5 Å². The van der Waals surface area contributed by atoms with E-state index in [0.717, 1.165) is 27.5 Å². The zero-order chi connectivity index (χ0) is 25.2. The van der Waals surface area contributed by atoms with Crippen molar-refractivity contribution in [1.29, 1.82) is 0 Å². The molecule has 0 fully saturated rings. The Kier molecular flexibility index (Phi) is 6.29. The van der Waals surface area contributed by atoms with Gasteiger partial charge in [0.05, 0.1) is 34.0 Å². The summed E-state index contributed by atoms with van der Waals surface area (Å²) < 4.78 is 33.9. The lowest BCUT2D eigenvalue weighted by Gasteiger charge is -2.18. The Hall–Kier alpha value is -4.39. The van der Waals surface area contributed by atoms with Gasteiger partial charge < -0.3 is 28.4 Å². The lowest BCUT2D eigenvalue weighted by atomic mass is 9.90. The van der Waals surface area contributed by atoms with Crippen molar-refractivity contribution in [2.24, 2.45) is 0 Å². The summed E-state index contributed by atoms with van der Waals surface area (Å²) in [6.45, 7) is 0.575. The van der Waals surface area contributed by atoms with Crippen LogP contribution in [0.5, 0.6) is 28.7 Å². The summed E-state index contributed by atoms with van der Waals surface area (Å²) in [5.74, 6) is 2.22. The van der Waals surface area contributed by atoms with E-state index in [1.807, 2.05) is 60.7 Å². The van der Waals surface area contributed by atoms with Crippen LogP contribution in [0.25, 0.3) is 21.9 Å². The third-order valence-corrected chi connectivity index (χ3v) is 6.26. The van der Waals surface area contributed by atoms with Crippen LogP contribution in [-0.2, 0) is 18.0 Å². The average Bonchev–Trinajstić information content (AvgIpc) is 3.29. The summed E-state index contributed by atoms with van der Waals surface area (Å²) in [7, 11) is 6.28. The molecule has 0 unspecified atom stereocenters. The second-order valence-electron chi connectivity index (χ2n) is 8.27. The maximum Gasteiger partial charge on any atom is 0.339 e. The van der Waals surface area contributed by atoms with E-state index >= 15 is 0 Å². The van der Waals surface area contributed by atoms with E-state index in [1.54, 1.807) is 28.4 Å². The minimum absolute atomic E-state index is 0.204. The first-order valence-corrected chi connectivity index (χ1v) is 11.4. The van der Waals surface area contributed by atoms with Gasteiger partial charge >= 0.3 is 5.97 Å². The molecule has 1 aliphatic heterocycles. The molecule has 0 aliphatic carbocycles. The van der Waals surface area contributed by atoms with Crippen LogP contribution in [0.1, 0.15) is 21.5 Å². The molecule has 4 aromatic carbocycles. The molecule has 0 aromatic heterocycles. The zero-order valence-electron chi connectivity index (χ0n) is 20.5. The van der Waals surface area contributed by atoms with Gasteiger partial charge in [0.1, 0.15) is 13.2 Å². The second-order valence-corrected chi connectivity index (χ2v) is 8.27. The number of carbonyl (C=O) groups excluding carboxylic acids is 1. The zero-order valence-corrected chi connectivity index (χ0v) is 20.5. The summed E-state index contributed by atoms with van der Waals surface area (Å²) in [6.07, 6.45) is 0. The largest absolute Gasteiger partial charge is 0.493 e. The van der Waals surface area contributed by atoms with Gasteiger partial charge in [-0.1, -0.05) is 30.3 Å². The van der Waals surface area contributed by atoms with Gasteiger partial charge in [0, 0.05) is 11.1 Å². The van der Waals surface area contributed by atoms with Gasteiger partial charge in [-0.2, -0.15) is 0 Å². The first-order chi connectivity index (χ1) is 17.6. The van der Waals surface area contributed by atoms with Crippen LogP contribution in [0.3, 0.4) is 0 Å². The van der Waals surface area contributed by atoms with Gasteiger partial charge in [-0.05, 0) is 52.2 Å². The van der Waals surface area contributed by atoms with Gasteiger partial charge in [0.2, 0.25) is 5.75 Å². The predicted octanol–water partition coefficient (Wildman–Crippen LogP) is 5.79. The highest BCUT2D eigenvalue weighted by atomic mass is 16.5. The molecule has 0 saturated carbocycles. The summed E-state index contributed by atoms with van der Waals surface area (Å²) in [5, 5.41) is 1.70. The lowest BCUT2D eigenvalue weighted by molar-refractivity contribution is 0.0535. The Morgan fingerprint density at radius 3 is 2.08 bits per heavy atom. The third-order valence-electron chi connectivity index (χ3n) is 6.26. The summed E-state index contributed by atoms with van der Waals surface area (Å²) >= 11 is 0. The van der Waals surface area contributed by atoms with Gasteiger partial charge in [-0.3, -0.25) is 0 Å². The molecule has 0 saturated heterocycles. The monoisotopic (exact) mass is 486 g/mol. The maximum atomic E-state index is 12.9. The van der Waals surface area contributed by atoms with E-state index < -0.39 is 0 Å². The number of hydrogen-bond acceptors (Lipinski definition) is 7. The molecule has 7 heteroatoms. The van der Waals surface area contributed by atoms with Crippen molar-refractivity contribution < 1.29 is 33.2 Å². The number of methoxy groups -OCH3 is 4. The molecule has 1 heterocycles. The average molecular weight is 487 g/mol. The normalized spacial score (nSPS) is 12.2. The fraction of sp³-hybridized carbons (Fsp3) is 0.207. The Labute approximate surface area is 209 Å². The van der Waals surface area contributed by atoms with Crippen LogP contribution >= 0.6 is 0 Å². The van der Waals surface area contributed by atoms with E-state index in [-0.39, 0.29) is 12.6 Å². The standard InChI is InChI=1S/C29H26O7/c1-31-22-11-18-10-20-16-36-29(30)27(20)26(19-12-24(32-2)28(34-4)25(13-19)33-3)21(18)14-23(22)35-15-17-8-6-5-7-9-17/h5-14H,15-16H2,1-4H3. The maximum absolute atomic E-state index is 12.9.